The number of rotatable bonds is 5. The third kappa shape index (κ3) is 6.41. The van der Waals surface area contributed by atoms with Crippen LogP contribution in [0, 0.1) is 11.6 Å². The predicted octanol–water partition coefficient (Wildman–Crippen LogP) is 5.34. The summed E-state index contributed by atoms with van der Waals surface area (Å²) in [5, 5.41) is 2.42. The SMILES string of the molecule is CC.CCC(CC(F)(F)F)Nc1cc(F)c(C(C)=O)c(F)c1. The van der Waals surface area contributed by atoms with Crippen molar-refractivity contribution in [3.05, 3.63) is 29.3 Å². The van der Waals surface area contributed by atoms with E-state index in [1.807, 2.05) is 13.8 Å². The van der Waals surface area contributed by atoms with E-state index in [4.69, 9.17) is 0 Å². The Labute approximate surface area is 126 Å². The van der Waals surface area contributed by atoms with Crippen LogP contribution in [0.2, 0.25) is 0 Å². The molecule has 1 atom stereocenters. The maximum Gasteiger partial charge on any atom is 0.391 e. The first-order chi connectivity index (χ1) is 10.1. The molecule has 0 aliphatic rings. The highest BCUT2D eigenvalue weighted by molar-refractivity contribution is 5.95. The van der Waals surface area contributed by atoms with Crippen LogP contribution in [0.15, 0.2) is 12.1 Å². The quantitative estimate of drug-likeness (QED) is 0.585. The summed E-state index contributed by atoms with van der Waals surface area (Å²) < 4.78 is 63.9. The van der Waals surface area contributed by atoms with E-state index in [1.165, 1.54) is 6.92 Å². The summed E-state index contributed by atoms with van der Waals surface area (Å²) >= 11 is 0. The third-order valence-corrected chi connectivity index (χ3v) is 2.74. The first kappa shape index (κ1) is 20.3. The molecule has 1 unspecified atom stereocenters. The zero-order valence-electron chi connectivity index (χ0n) is 12.9. The van der Waals surface area contributed by atoms with Gasteiger partial charge in [0.15, 0.2) is 5.78 Å². The number of anilines is 1. The first-order valence-electron chi connectivity index (χ1n) is 6.97. The van der Waals surface area contributed by atoms with E-state index in [9.17, 15) is 26.7 Å². The van der Waals surface area contributed by atoms with Crippen molar-refractivity contribution in [2.75, 3.05) is 5.32 Å². The second kappa shape index (κ2) is 8.70. The van der Waals surface area contributed by atoms with Crippen molar-refractivity contribution in [1.29, 1.82) is 0 Å². The van der Waals surface area contributed by atoms with Crippen molar-refractivity contribution in [2.45, 2.75) is 52.8 Å². The first-order valence-corrected chi connectivity index (χ1v) is 6.97. The molecule has 1 aromatic rings. The molecule has 0 fully saturated rings. The van der Waals surface area contributed by atoms with Gasteiger partial charge in [-0.1, -0.05) is 20.8 Å². The number of carbonyl (C=O) groups is 1. The Hall–Kier alpha value is -1.66. The lowest BCUT2D eigenvalue weighted by Crippen LogP contribution is -2.26. The van der Waals surface area contributed by atoms with Gasteiger partial charge >= 0.3 is 6.18 Å². The van der Waals surface area contributed by atoms with Gasteiger partial charge in [0.25, 0.3) is 0 Å². The van der Waals surface area contributed by atoms with E-state index < -0.39 is 41.6 Å². The molecule has 22 heavy (non-hydrogen) atoms. The molecule has 0 radical (unpaired) electrons. The van der Waals surface area contributed by atoms with Crippen molar-refractivity contribution in [2.24, 2.45) is 0 Å². The summed E-state index contributed by atoms with van der Waals surface area (Å²) in [5.41, 5.74) is -0.819. The summed E-state index contributed by atoms with van der Waals surface area (Å²) in [7, 11) is 0. The number of alkyl halides is 3. The van der Waals surface area contributed by atoms with Gasteiger partial charge in [0.1, 0.15) is 11.6 Å². The molecule has 0 aromatic heterocycles. The van der Waals surface area contributed by atoms with Crippen LogP contribution in [0.4, 0.5) is 27.6 Å². The molecule has 0 saturated heterocycles. The van der Waals surface area contributed by atoms with Crippen molar-refractivity contribution in [3.8, 4) is 0 Å². The van der Waals surface area contributed by atoms with E-state index in [2.05, 4.69) is 5.32 Å². The summed E-state index contributed by atoms with van der Waals surface area (Å²) in [5.74, 6) is -2.97. The molecule has 7 heteroatoms. The van der Waals surface area contributed by atoms with Crippen LogP contribution in [0.5, 0.6) is 0 Å². The lowest BCUT2D eigenvalue weighted by Gasteiger charge is -2.20. The number of nitrogens with one attached hydrogen (secondary N) is 1. The molecule has 0 aliphatic heterocycles. The Morgan fingerprint density at radius 3 is 1.95 bits per heavy atom. The summed E-state index contributed by atoms with van der Waals surface area (Å²) in [6, 6.07) is 0.648. The van der Waals surface area contributed by atoms with Crippen LogP contribution < -0.4 is 5.32 Å². The largest absolute Gasteiger partial charge is 0.391 e. The second-order valence-corrected chi connectivity index (χ2v) is 4.44. The lowest BCUT2D eigenvalue weighted by atomic mass is 10.1. The molecule has 1 rings (SSSR count). The van der Waals surface area contributed by atoms with Gasteiger partial charge in [0, 0.05) is 11.7 Å². The average Bonchev–Trinajstić information content (AvgIpc) is 2.37. The van der Waals surface area contributed by atoms with Crippen molar-refractivity contribution in [1.82, 2.24) is 0 Å². The highest BCUT2D eigenvalue weighted by Gasteiger charge is 2.31. The van der Waals surface area contributed by atoms with Gasteiger partial charge in [-0.15, -0.1) is 0 Å². The number of ketones is 1. The highest BCUT2D eigenvalue weighted by Crippen LogP contribution is 2.26. The fourth-order valence-corrected chi connectivity index (χ4v) is 1.81. The molecule has 126 valence electrons. The molecule has 0 aliphatic carbocycles. The zero-order valence-corrected chi connectivity index (χ0v) is 12.9. The fourth-order valence-electron chi connectivity index (χ4n) is 1.81. The topological polar surface area (TPSA) is 29.1 Å². The normalized spacial score (nSPS) is 12.2. The van der Waals surface area contributed by atoms with E-state index in [-0.39, 0.29) is 12.1 Å². The van der Waals surface area contributed by atoms with E-state index in [0.29, 0.717) is 0 Å². The monoisotopic (exact) mass is 325 g/mol. The number of Topliss-reactive ketones (excluding diaryl/α,β-unsaturated/α-hetero) is 1. The lowest BCUT2D eigenvalue weighted by molar-refractivity contribution is -0.137. The molecule has 2 nitrogen and oxygen atoms in total. The molecule has 0 amide bonds. The van der Waals surface area contributed by atoms with Crippen LogP contribution in [0.3, 0.4) is 0 Å². The van der Waals surface area contributed by atoms with Gasteiger partial charge < -0.3 is 5.32 Å². The van der Waals surface area contributed by atoms with Crippen molar-refractivity contribution in [3.63, 3.8) is 0 Å². The number of hydrogen-bond acceptors (Lipinski definition) is 2. The summed E-state index contributed by atoms with van der Waals surface area (Å²) in [6.07, 6.45) is -5.34. The molecular weight excluding hydrogens is 305 g/mol. The summed E-state index contributed by atoms with van der Waals surface area (Å²) in [4.78, 5) is 11.0. The number of hydrogen-bond donors (Lipinski definition) is 1. The molecule has 0 bridgehead atoms. The molecular formula is C15H20F5NO. The van der Waals surface area contributed by atoms with Gasteiger partial charge in [0.05, 0.1) is 12.0 Å². The minimum atomic E-state index is -4.37. The number of carbonyl (C=O) groups excluding carboxylic acids is 1. The second-order valence-electron chi connectivity index (χ2n) is 4.44. The Kier molecular flexibility index (Phi) is 8.05. The van der Waals surface area contributed by atoms with E-state index in [0.717, 1.165) is 19.1 Å². The molecule has 0 spiro atoms. The predicted molar refractivity (Wildman–Crippen MR) is 76.1 cm³/mol. The minimum absolute atomic E-state index is 0.124. The van der Waals surface area contributed by atoms with Gasteiger partial charge in [-0.3, -0.25) is 4.79 Å². The Morgan fingerprint density at radius 2 is 1.64 bits per heavy atom. The molecule has 1 aromatic carbocycles. The van der Waals surface area contributed by atoms with Gasteiger partial charge in [-0.05, 0) is 25.5 Å². The van der Waals surface area contributed by atoms with Crippen LogP contribution in [0.1, 0.15) is 50.9 Å². The fraction of sp³-hybridized carbons (Fsp3) is 0.533. The number of benzene rings is 1. The number of halogens is 5. The van der Waals surface area contributed by atoms with E-state index in [1.54, 1.807) is 0 Å². The Balaban J connectivity index is 0.00000211. The maximum atomic E-state index is 13.5. The Bertz CT molecular complexity index is 476. The van der Waals surface area contributed by atoms with Crippen LogP contribution >= 0.6 is 0 Å². The smallest absolute Gasteiger partial charge is 0.382 e. The van der Waals surface area contributed by atoms with E-state index >= 15 is 0 Å². The molecule has 0 heterocycles. The molecule has 1 N–H and O–H groups in total. The highest BCUT2D eigenvalue weighted by atomic mass is 19.4. The van der Waals surface area contributed by atoms with Crippen LogP contribution in [0.25, 0.3) is 0 Å². The maximum absolute atomic E-state index is 13.5. The van der Waals surface area contributed by atoms with Crippen LogP contribution in [-0.2, 0) is 0 Å². The minimum Gasteiger partial charge on any atom is -0.382 e. The zero-order chi connectivity index (χ0) is 17.5. The van der Waals surface area contributed by atoms with Gasteiger partial charge in [-0.2, -0.15) is 13.2 Å². The van der Waals surface area contributed by atoms with Crippen molar-refractivity contribution >= 4 is 11.5 Å². The van der Waals surface area contributed by atoms with Gasteiger partial charge in [0.2, 0.25) is 0 Å². The van der Waals surface area contributed by atoms with Crippen molar-refractivity contribution < 1.29 is 26.7 Å². The third-order valence-electron chi connectivity index (χ3n) is 2.74. The molecule has 0 saturated carbocycles. The average molecular weight is 325 g/mol. The van der Waals surface area contributed by atoms with Gasteiger partial charge in [-0.25, -0.2) is 8.78 Å². The van der Waals surface area contributed by atoms with Crippen LogP contribution in [-0.4, -0.2) is 18.0 Å². The summed E-state index contributed by atoms with van der Waals surface area (Å²) in [6.45, 7) is 6.53. The Morgan fingerprint density at radius 1 is 1.18 bits per heavy atom. The standard InChI is InChI=1S/C13H14F5NO.C2H6/c1-3-8(6-13(16,17)18)19-9-4-10(14)12(7(2)20)11(15)5-9;1-2/h4-5,8,19H,3,6H2,1-2H3;1-2H3.